The normalized spacial score (nSPS) is 28.4. The molecule has 1 saturated heterocycles. The number of hydrogen-bond acceptors (Lipinski definition) is 11. The molecule has 2 aliphatic heterocycles. The number of halogens is 3. The Balaban J connectivity index is 1.24. The van der Waals surface area contributed by atoms with Gasteiger partial charge in [-0.25, -0.2) is 18.4 Å². The summed E-state index contributed by atoms with van der Waals surface area (Å²) in [7, 11) is -4.04. The van der Waals surface area contributed by atoms with E-state index >= 15 is 0 Å². The molecule has 4 heterocycles. The van der Waals surface area contributed by atoms with Gasteiger partial charge in [-0.2, -0.15) is 13.2 Å². The van der Waals surface area contributed by atoms with E-state index in [9.17, 15) is 40.8 Å². The first-order valence-corrected chi connectivity index (χ1v) is 23.5. The number of fused-ring (bicyclic) bond motifs is 2. The summed E-state index contributed by atoms with van der Waals surface area (Å²) in [5, 5.41) is 2.46. The zero-order valence-corrected chi connectivity index (χ0v) is 37.1. The van der Waals surface area contributed by atoms with Crippen LogP contribution >= 0.6 is 11.3 Å². The monoisotopic (exact) mass is 898 g/mol. The minimum atomic E-state index is -4.87. The third kappa shape index (κ3) is 9.63. The van der Waals surface area contributed by atoms with Crippen molar-refractivity contribution in [1.29, 1.82) is 0 Å². The maximum absolute atomic E-state index is 15.0. The number of nitrogens with one attached hydrogen (secondary N) is 1. The summed E-state index contributed by atoms with van der Waals surface area (Å²) < 4.78 is 80.9. The van der Waals surface area contributed by atoms with Gasteiger partial charge in [0.1, 0.15) is 22.6 Å². The number of esters is 1. The number of ketones is 1. The molecule has 1 aromatic carbocycles. The topological polar surface area (TPSA) is 162 Å². The molecule has 12 nitrogen and oxygen atoms in total. The van der Waals surface area contributed by atoms with Crippen molar-refractivity contribution in [3.63, 3.8) is 0 Å². The number of thiazole rings is 1. The minimum Gasteiger partial charge on any atom is -0.488 e. The van der Waals surface area contributed by atoms with E-state index in [-0.39, 0.29) is 31.7 Å². The van der Waals surface area contributed by atoms with Gasteiger partial charge in [-0.1, -0.05) is 56.3 Å². The van der Waals surface area contributed by atoms with Crippen LogP contribution in [0.4, 0.5) is 13.2 Å². The largest absolute Gasteiger partial charge is 0.488 e. The van der Waals surface area contributed by atoms with E-state index in [4.69, 9.17) is 14.5 Å². The van der Waals surface area contributed by atoms with E-state index in [1.807, 2.05) is 54.8 Å². The van der Waals surface area contributed by atoms with Crippen molar-refractivity contribution in [2.45, 2.75) is 121 Å². The van der Waals surface area contributed by atoms with E-state index in [2.05, 4.69) is 9.71 Å². The predicted octanol–water partition coefficient (Wildman–Crippen LogP) is 8.09. The van der Waals surface area contributed by atoms with E-state index in [1.165, 1.54) is 16.2 Å². The number of alkyl halides is 3. The highest BCUT2D eigenvalue weighted by atomic mass is 32.2. The molecule has 0 unspecified atom stereocenters. The Labute approximate surface area is 364 Å². The number of ether oxygens (including phenoxy) is 2. The lowest BCUT2D eigenvalue weighted by Crippen LogP contribution is -2.48. The van der Waals surface area contributed by atoms with Crippen LogP contribution in [0, 0.1) is 29.1 Å². The van der Waals surface area contributed by atoms with Crippen LogP contribution in [0.15, 0.2) is 66.2 Å². The number of carbonyl (C=O) groups excluding carboxylic acids is 4. The maximum atomic E-state index is 15.0. The molecule has 0 bridgehead atoms. The van der Waals surface area contributed by atoms with Crippen LogP contribution in [0.25, 0.3) is 22.0 Å². The third-order valence-corrected chi connectivity index (χ3v) is 16.0. The van der Waals surface area contributed by atoms with Crippen LogP contribution in [0.3, 0.4) is 0 Å². The Morgan fingerprint density at radius 3 is 2.42 bits per heavy atom. The Kier molecular flexibility index (Phi) is 12.6. The Morgan fingerprint density at radius 1 is 1.05 bits per heavy atom. The number of nitrogens with zero attached hydrogens (tertiary/aromatic N) is 3. The van der Waals surface area contributed by atoms with Crippen molar-refractivity contribution in [2.24, 2.45) is 29.1 Å². The highest BCUT2D eigenvalue weighted by Gasteiger charge is 2.63. The fourth-order valence-electron chi connectivity index (χ4n) is 8.63. The first-order chi connectivity index (χ1) is 29.1. The lowest BCUT2D eigenvalue weighted by atomic mass is 9.82. The summed E-state index contributed by atoms with van der Waals surface area (Å²) in [6, 6.07) is 11.7. The van der Waals surface area contributed by atoms with Gasteiger partial charge in [-0.05, 0) is 77.0 Å². The second kappa shape index (κ2) is 17.1. The summed E-state index contributed by atoms with van der Waals surface area (Å²) in [6.45, 7) is 6.69. The quantitative estimate of drug-likeness (QED) is 0.156. The molecule has 2 saturated carbocycles. The summed E-state index contributed by atoms with van der Waals surface area (Å²) in [5.74, 6) is -4.80. The molecule has 2 aromatic heterocycles. The van der Waals surface area contributed by atoms with Crippen molar-refractivity contribution >= 4 is 44.9 Å². The lowest BCUT2D eigenvalue weighted by molar-refractivity contribution is -0.257. The smallest absolute Gasteiger partial charge is 0.427 e. The molecule has 62 heavy (non-hydrogen) atoms. The Bertz CT molecular complexity index is 2320. The summed E-state index contributed by atoms with van der Waals surface area (Å²) >= 11 is 1.39. The molecule has 3 fully saturated rings. The molecule has 0 radical (unpaired) electrons. The molecule has 0 spiro atoms. The average Bonchev–Trinajstić information content (AvgIpc) is 3.95. The van der Waals surface area contributed by atoms with Gasteiger partial charge in [0.25, 0.3) is 0 Å². The molecule has 4 aliphatic rings. The van der Waals surface area contributed by atoms with Gasteiger partial charge in [0, 0.05) is 42.1 Å². The lowest BCUT2D eigenvalue weighted by Gasteiger charge is -2.33. The molecule has 17 heteroatoms. The maximum Gasteiger partial charge on any atom is 0.427 e. The van der Waals surface area contributed by atoms with Gasteiger partial charge < -0.3 is 14.4 Å². The minimum absolute atomic E-state index is 0.0130. The van der Waals surface area contributed by atoms with Crippen molar-refractivity contribution in [3.05, 3.63) is 66.2 Å². The van der Waals surface area contributed by atoms with Crippen molar-refractivity contribution in [1.82, 2.24) is 19.6 Å². The van der Waals surface area contributed by atoms with Crippen LogP contribution in [0.1, 0.15) is 92.4 Å². The van der Waals surface area contributed by atoms with E-state index in [0.717, 1.165) is 19.4 Å². The first-order valence-electron chi connectivity index (χ1n) is 21.1. The first kappa shape index (κ1) is 45.4. The fraction of sp³-hybridized carbons (Fsp3) is 0.556. The number of Topliss-reactive ketones (excluding diaryl/α,β-unsaturated/α-hetero) is 1. The summed E-state index contributed by atoms with van der Waals surface area (Å²) in [4.78, 5) is 67.8. The third-order valence-electron chi connectivity index (χ3n) is 13.1. The van der Waals surface area contributed by atoms with Crippen molar-refractivity contribution < 1.29 is 50.2 Å². The van der Waals surface area contributed by atoms with Crippen molar-refractivity contribution in [3.8, 4) is 27.7 Å². The number of pyridine rings is 1. The van der Waals surface area contributed by atoms with E-state index in [0.29, 0.717) is 54.2 Å². The molecule has 334 valence electrons. The van der Waals surface area contributed by atoms with E-state index in [1.54, 1.807) is 32.2 Å². The second-order valence-corrected chi connectivity index (χ2v) is 21.5. The second-order valence-electron chi connectivity index (χ2n) is 18.4. The Hall–Kier alpha value is -4.64. The molecule has 7 rings (SSSR count). The molecular formula is C45H53F3N4O8S2. The predicted molar refractivity (Wildman–Crippen MR) is 226 cm³/mol. The molecule has 1 N–H and O–H groups in total. The molecular weight excluding hydrogens is 846 g/mol. The van der Waals surface area contributed by atoms with Gasteiger partial charge in [0.15, 0.2) is 5.78 Å². The number of carbonyl (C=O) groups is 4. The van der Waals surface area contributed by atoms with Gasteiger partial charge >= 0.3 is 12.1 Å². The number of rotatable bonds is 10. The van der Waals surface area contributed by atoms with Gasteiger partial charge in [-0.3, -0.25) is 23.9 Å². The highest BCUT2D eigenvalue weighted by molar-refractivity contribution is 7.91. The van der Waals surface area contributed by atoms with Crippen LogP contribution in [-0.2, 0) is 33.9 Å². The number of amides is 2. The summed E-state index contributed by atoms with van der Waals surface area (Å²) in [5.41, 5.74) is -2.27. The number of allylic oxidation sites excluding steroid dienone is 2. The van der Waals surface area contributed by atoms with Crippen LogP contribution in [-0.4, -0.2) is 82.1 Å². The van der Waals surface area contributed by atoms with E-state index < -0.39 is 91.8 Å². The zero-order chi connectivity index (χ0) is 44.8. The van der Waals surface area contributed by atoms with Crippen LogP contribution in [0.2, 0.25) is 0 Å². The highest BCUT2D eigenvalue weighted by Crippen LogP contribution is 2.58. The molecule has 2 aliphatic carbocycles. The number of hydrogen-bond donors (Lipinski definition) is 1. The molecule has 7 atom stereocenters. The zero-order valence-electron chi connectivity index (χ0n) is 35.4. The van der Waals surface area contributed by atoms with Crippen LogP contribution in [0.5, 0.6) is 5.75 Å². The van der Waals surface area contributed by atoms with Crippen molar-refractivity contribution in [2.75, 3.05) is 6.54 Å². The average molecular weight is 899 g/mol. The SMILES string of the molecule is C[C@@H]1CC/C=C\[C@@H]2C[C@@]2(C(=O)NS(=O)(=O)C2(C)CC2)CC(=O)[C@@H]2C[C@@H](Oc3cc(-c4ccccc4)nc(-c4nccs4)c3)CN2C(=O)[C@@H](CC(=O)OC(C)(C)C(F)(F)F)[C@H](C)C1. The van der Waals surface area contributed by atoms with Crippen LogP contribution < -0.4 is 9.46 Å². The summed E-state index contributed by atoms with van der Waals surface area (Å²) in [6.07, 6.45) is 1.45. The fourth-order valence-corrected chi connectivity index (χ4v) is 10.6. The number of sulfonamides is 1. The van der Waals surface area contributed by atoms with Gasteiger partial charge in [0.05, 0.1) is 40.8 Å². The number of aromatic nitrogens is 2. The molecule has 2 amide bonds. The standard InChI is InChI=1S/C45H53F3N4O8S2/c1-27-11-9-10-14-30-24-44(30,41(56)51-62(57,58)43(5)15-16-43)25-37(53)36-22-32(26-52(36)40(55)33(28(2)19-27)23-38(54)60-42(3,4)45(46,47)48)59-31-20-34(29-12-7-6-8-13-29)50-35(21-31)39-49-17-18-61-39/h6-8,10,12-14,17-18,20-21,27-28,30,32-33,36H,9,11,15-16,19,22-26H2,1-5H3,(H,51,56)/b14-10-/t27-,28-,30-,32-,33+,36+,44-/m1/s1. The number of benzene rings is 1. The van der Waals surface area contributed by atoms with Gasteiger partial charge in [0.2, 0.25) is 27.4 Å². The van der Waals surface area contributed by atoms with Gasteiger partial charge in [-0.15, -0.1) is 11.3 Å². The Morgan fingerprint density at radius 2 is 1.76 bits per heavy atom. The molecule has 3 aromatic rings.